The molecule has 6 nitrogen and oxygen atoms in total. The van der Waals surface area contributed by atoms with E-state index < -0.39 is 12.1 Å². The largest absolute Gasteiger partial charge is 0.391 e. The smallest absolute Gasteiger partial charge is 0.366 e. The number of rotatable bonds is 5. The van der Waals surface area contributed by atoms with Crippen LogP contribution >= 0.6 is 15.9 Å². The van der Waals surface area contributed by atoms with E-state index in [0.717, 1.165) is 53.1 Å². The lowest BCUT2D eigenvalue weighted by Gasteiger charge is -2.41. The van der Waals surface area contributed by atoms with E-state index >= 15 is 0 Å². The van der Waals surface area contributed by atoms with E-state index in [4.69, 9.17) is 4.98 Å². The Labute approximate surface area is 205 Å². The number of anilines is 1. The third kappa shape index (κ3) is 5.07. The molecular weight excluding hydrogens is 509 g/mol. The molecule has 5 rings (SSSR count). The second-order valence-corrected chi connectivity index (χ2v) is 10.2. The Morgan fingerprint density at radius 1 is 1.12 bits per heavy atom. The second-order valence-electron chi connectivity index (χ2n) is 9.39. The summed E-state index contributed by atoms with van der Waals surface area (Å²) in [6.07, 6.45) is 5.03. The minimum Gasteiger partial charge on any atom is -0.366 e. The Hall–Kier alpha value is -2.20. The quantitative estimate of drug-likeness (QED) is 0.446. The Morgan fingerprint density at radius 3 is 2.68 bits per heavy atom. The van der Waals surface area contributed by atoms with Gasteiger partial charge in [0.05, 0.1) is 22.3 Å². The van der Waals surface area contributed by atoms with Crippen molar-refractivity contribution in [3.63, 3.8) is 0 Å². The van der Waals surface area contributed by atoms with Crippen molar-refractivity contribution in [1.82, 2.24) is 24.5 Å². The van der Waals surface area contributed by atoms with Crippen molar-refractivity contribution >= 4 is 27.4 Å². The van der Waals surface area contributed by atoms with Crippen LogP contribution in [0, 0.1) is 5.92 Å². The standard InChI is InChI=1S/C24H28BrF3N6/c25-20-14-31-34-22(30-13-16-3-1-9-29-12-16)11-21(32-23(20)34)17-4-2-10-33(15-17)19-7-5-18(6-8-19)24(26,27)28/h1,3,9,11-12,14,17-19,30H,2,4-8,10,13,15H2. The van der Waals surface area contributed by atoms with Crippen molar-refractivity contribution in [1.29, 1.82) is 0 Å². The van der Waals surface area contributed by atoms with Crippen LogP contribution in [-0.2, 0) is 6.54 Å². The van der Waals surface area contributed by atoms with Crippen molar-refractivity contribution in [3.8, 4) is 0 Å². The number of nitrogens with one attached hydrogen (secondary N) is 1. The lowest BCUT2D eigenvalue weighted by Crippen LogP contribution is -2.45. The van der Waals surface area contributed by atoms with Gasteiger partial charge in [-0.3, -0.25) is 9.88 Å². The number of fused-ring (bicyclic) bond motifs is 1. The molecule has 10 heteroatoms. The van der Waals surface area contributed by atoms with Crippen LogP contribution in [0.15, 0.2) is 41.3 Å². The number of alkyl halides is 3. The van der Waals surface area contributed by atoms with Gasteiger partial charge >= 0.3 is 6.18 Å². The number of pyridine rings is 1. The van der Waals surface area contributed by atoms with E-state index in [0.29, 0.717) is 19.4 Å². The third-order valence-electron chi connectivity index (χ3n) is 7.19. The van der Waals surface area contributed by atoms with Crippen LogP contribution in [0.2, 0.25) is 0 Å². The second kappa shape index (κ2) is 9.81. The summed E-state index contributed by atoms with van der Waals surface area (Å²) in [5.41, 5.74) is 2.82. The van der Waals surface area contributed by atoms with E-state index in [2.05, 4.69) is 42.3 Å². The maximum Gasteiger partial charge on any atom is 0.391 e. The highest BCUT2D eigenvalue weighted by molar-refractivity contribution is 9.10. The molecule has 1 N–H and O–H groups in total. The maximum absolute atomic E-state index is 13.1. The SMILES string of the molecule is FC(F)(F)C1CCC(N2CCCC(c3cc(NCc4cccnc4)n4ncc(Br)c4n3)C2)CC1. The van der Waals surface area contributed by atoms with Crippen molar-refractivity contribution in [2.24, 2.45) is 5.92 Å². The molecule has 1 unspecified atom stereocenters. The van der Waals surface area contributed by atoms with E-state index in [1.165, 1.54) is 0 Å². The normalized spacial score (nSPS) is 24.4. The highest BCUT2D eigenvalue weighted by Crippen LogP contribution is 2.40. The predicted molar refractivity (Wildman–Crippen MR) is 128 cm³/mol. The molecule has 2 aliphatic rings. The van der Waals surface area contributed by atoms with Gasteiger partial charge in [-0.25, -0.2) is 4.98 Å². The van der Waals surface area contributed by atoms with Gasteiger partial charge in [-0.1, -0.05) is 6.07 Å². The summed E-state index contributed by atoms with van der Waals surface area (Å²) >= 11 is 3.57. The van der Waals surface area contributed by atoms with Gasteiger partial charge in [-0.15, -0.1) is 0 Å². The van der Waals surface area contributed by atoms with Gasteiger partial charge in [-0.2, -0.15) is 22.8 Å². The van der Waals surface area contributed by atoms with Crippen molar-refractivity contribution in [2.45, 2.75) is 63.2 Å². The monoisotopic (exact) mass is 536 g/mol. The van der Waals surface area contributed by atoms with Crippen LogP contribution in [0.4, 0.5) is 19.0 Å². The zero-order valence-corrected chi connectivity index (χ0v) is 20.4. The van der Waals surface area contributed by atoms with Crippen molar-refractivity contribution in [3.05, 3.63) is 52.5 Å². The zero-order valence-electron chi connectivity index (χ0n) is 18.8. The average molecular weight is 537 g/mol. The fraction of sp³-hybridized carbons (Fsp3) is 0.542. The molecule has 1 saturated heterocycles. The number of aromatic nitrogens is 4. The van der Waals surface area contributed by atoms with Gasteiger partial charge < -0.3 is 5.32 Å². The van der Waals surface area contributed by atoms with Gasteiger partial charge in [-0.05, 0) is 72.6 Å². The van der Waals surface area contributed by atoms with Crippen LogP contribution in [0.5, 0.6) is 0 Å². The summed E-state index contributed by atoms with van der Waals surface area (Å²) in [7, 11) is 0. The van der Waals surface area contributed by atoms with Gasteiger partial charge in [0.1, 0.15) is 5.82 Å². The van der Waals surface area contributed by atoms with E-state index in [9.17, 15) is 13.2 Å². The first kappa shape index (κ1) is 23.5. The summed E-state index contributed by atoms with van der Waals surface area (Å²) in [6.45, 7) is 2.39. The molecule has 1 aliphatic heterocycles. The predicted octanol–water partition coefficient (Wildman–Crippen LogP) is 5.80. The first-order valence-electron chi connectivity index (χ1n) is 11.9. The lowest BCUT2D eigenvalue weighted by molar-refractivity contribution is -0.184. The highest BCUT2D eigenvalue weighted by atomic mass is 79.9. The minimum atomic E-state index is -4.06. The number of piperidine rings is 1. The van der Waals surface area contributed by atoms with Crippen LogP contribution in [0.3, 0.4) is 0 Å². The zero-order chi connectivity index (χ0) is 23.7. The molecule has 1 saturated carbocycles. The van der Waals surface area contributed by atoms with Gasteiger partial charge in [0.25, 0.3) is 0 Å². The van der Waals surface area contributed by atoms with Gasteiger partial charge in [0.2, 0.25) is 0 Å². The van der Waals surface area contributed by atoms with Crippen LogP contribution in [-0.4, -0.2) is 49.8 Å². The third-order valence-corrected chi connectivity index (χ3v) is 7.75. The Balaban J connectivity index is 1.32. The molecule has 0 aromatic carbocycles. The van der Waals surface area contributed by atoms with Crippen molar-refractivity contribution < 1.29 is 13.2 Å². The minimum absolute atomic E-state index is 0.231. The number of nitrogens with zero attached hydrogens (tertiary/aromatic N) is 5. The summed E-state index contributed by atoms with van der Waals surface area (Å²) < 4.78 is 41.9. The molecule has 2 fully saturated rings. The molecule has 3 aromatic heterocycles. The molecule has 182 valence electrons. The van der Waals surface area contributed by atoms with E-state index in [1.54, 1.807) is 16.9 Å². The number of hydrogen-bond acceptors (Lipinski definition) is 5. The van der Waals surface area contributed by atoms with E-state index in [-0.39, 0.29) is 24.8 Å². The first-order valence-corrected chi connectivity index (χ1v) is 12.7. The van der Waals surface area contributed by atoms with Crippen LogP contribution in [0.25, 0.3) is 5.65 Å². The van der Waals surface area contributed by atoms with Crippen LogP contribution in [0.1, 0.15) is 55.7 Å². The lowest BCUT2D eigenvalue weighted by atomic mass is 9.83. The molecular formula is C24H28BrF3N6. The molecule has 0 bridgehead atoms. The molecule has 0 spiro atoms. The Morgan fingerprint density at radius 2 is 1.94 bits per heavy atom. The summed E-state index contributed by atoms with van der Waals surface area (Å²) in [5, 5.41) is 7.93. The topological polar surface area (TPSA) is 58.4 Å². The Bertz CT molecular complexity index is 1110. The molecule has 4 heterocycles. The highest BCUT2D eigenvalue weighted by Gasteiger charge is 2.42. The summed E-state index contributed by atoms with van der Waals surface area (Å²) in [4.78, 5) is 11.5. The number of likely N-dealkylation sites (tertiary alicyclic amines) is 1. The maximum atomic E-state index is 13.1. The number of halogens is 4. The fourth-order valence-corrected chi connectivity index (χ4v) is 5.68. The Kier molecular flexibility index (Phi) is 6.79. The number of hydrogen-bond donors (Lipinski definition) is 1. The van der Waals surface area contributed by atoms with Gasteiger partial charge in [0.15, 0.2) is 5.65 Å². The molecule has 0 radical (unpaired) electrons. The first-order chi connectivity index (χ1) is 16.4. The van der Waals surface area contributed by atoms with Gasteiger partial charge in [0, 0.05) is 43.5 Å². The van der Waals surface area contributed by atoms with Crippen LogP contribution < -0.4 is 5.32 Å². The molecule has 1 aliphatic carbocycles. The average Bonchev–Trinajstić information content (AvgIpc) is 3.23. The fourth-order valence-electron chi connectivity index (χ4n) is 5.33. The summed E-state index contributed by atoms with van der Waals surface area (Å²) in [6, 6.07) is 6.23. The molecule has 3 aromatic rings. The molecule has 0 amide bonds. The summed E-state index contributed by atoms with van der Waals surface area (Å²) in [5.74, 6) is -0.0433. The molecule has 1 atom stereocenters. The molecule has 34 heavy (non-hydrogen) atoms. The van der Waals surface area contributed by atoms with E-state index in [1.807, 2.05) is 18.3 Å². The van der Waals surface area contributed by atoms with Crippen molar-refractivity contribution in [2.75, 3.05) is 18.4 Å².